The molecular formula is C27H33N7O5. The van der Waals surface area contributed by atoms with Gasteiger partial charge < -0.3 is 19.4 Å². The van der Waals surface area contributed by atoms with Crippen LogP contribution in [0, 0.1) is 5.92 Å². The first-order valence-electron chi connectivity index (χ1n) is 13.2. The third-order valence-corrected chi connectivity index (χ3v) is 6.87. The van der Waals surface area contributed by atoms with Crippen molar-refractivity contribution in [3.05, 3.63) is 51.2 Å². The quantitative estimate of drug-likeness (QED) is 0.330. The Morgan fingerprint density at radius 1 is 1.08 bits per heavy atom. The first kappa shape index (κ1) is 26.3. The highest BCUT2D eigenvalue weighted by atomic mass is 16.5. The van der Waals surface area contributed by atoms with E-state index in [1.54, 1.807) is 29.8 Å². The maximum atomic E-state index is 13.0. The first-order chi connectivity index (χ1) is 18.8. The van der Waals surface area contributed by atoms with Gasteiger partial charge in [0.1, 0.15) is 17.0 Å². The highest BCUT2D eigenvalue weighted by molar-refractivity contribution is 5.95. The van der Waals surface area contributed by atoms with E-state index in [9.17, 15) is 14.4 Å². The third kappa shape index (κ3) is 4.93. The van der Waals surface area contributed by atoms with Crippen LogP contribution in [-0.4, -0.2) is 55.1 Å². The Balaban J connectivity index is 1.36. The van der Waals surface area contributed by atoms with Gasteiger partial charge in [0.15, 0.2) is 11.5 Å². The van der Waals surface area contributed by atoms with Crippen molar-refractivity contribution < 1.29 is 14.3 Å². The number of nitrogens with zero attached hydrogens (tertiary/aromatic N) is 6. The van der Waals surface area contributed by atoms with E-state index in [0.717, 1.165) is 12.1 Å². The highest BCUT2D eigenvalue weighted by Gasteiger charge is 2.31. The van der Waals surface area contributed by atoms with Crippen LogP contribution in [0.1, 0.15) is 33.1 Å². The number of amides is 1. The molecule has 4 aromatic rings. The molecule has 0 spiro atoms. The van der Waals surface area contributed by atoms with Crippen molar-refractivity contribution in [2.75, 3.05) is 25.2 Å². The maximum Gasteiger partial charge on any atom is 0.332 e. The van der Waals surface area contributed by atoms with Gasteiger partial charge in [0.25, 0.3) is 5.56 Å². The van der Waals surface area contributed by atoms with E-state index in [-0.39, 0.29) is 28.6 Å². The number of H-pyrrole nitrogens is 1. The number of fused-ring (bicyclic) bond motifs is 1. The van der Waals surface area contributed by atoms with E-state index in [4.69, 9.17) is 9.47 Å². The summed E-state index contributed by atoms with van der Waals surface area (Å²) < 4.78 is 15.7. The van der Waals surface area contributed by atoms with Gasteiger partial charge in [-0.3, -0.25) is 18.7 Å². The summed E-state index contributed by atoms with van der Waals surface area (Å²) in [4.78, 5) is 48.1. The number of ether oxygens (including phenoxy) is 2. The highest BCUT2D eigenvalue weighted by Crippen LogP contribution is 2.29. The van der Waals surface area contributed by atoms with Crippen LogP contribution in [0.15, 0.2) is 39.9 Å². The van der Waals surface area contributed by atoms with Crippen molar-refractivity contribution in [1.82, 2.24) is 28.9 Å². The molecule has 1 N–H and O–H groups in total. The molecule has 0 bridgehead atoms. The second-order valence-electron chi connectivity index (χ2n) is 9.75. The molecule has 1 fully saturated rings. The molecule has 5 rings (SSSR count). The average molecular weight is 536 g/mol. The number of rotatable bonds is 10. The Morgan fingerprint density at radius 3 is 2.59 bits per heavy atom. The second-order valence-corrected chi connectivity index (χ2v) is 9.75. The summed E-state index contributed by atoms with van der Waals surface area (Å²) in [6.45, 7) is 5.56. The molecule has 4 heterocycles. The number of benzene rings is 1. The lowest BCUT2D eigenvalue weighted by Crippen LogP contribution is -2.40. The minimum absolute atomic E-state index is 0.00811. The number of methoxy groups -OCH3 is 1. The van der Waals surface area contributed by atoms with Crippen LogP contribution in [0.25, 0.3) is 22.7 Å². The minimum Gasteiger partial charge on any atom is -0.497 e. The lowest BCUT2D eigenvalue weighted by atomic mass is 10.1. The Morgan fingerprint density at radius 2 is 1.85 bits per heavy atom. The molecule has 1 amide bonds. The van der Waals surface area contributed by atoms with Crippen LogP contribution >= 0.6 is 0 Å². The number of aryl methyl sites for hydroxylation is 2. The summed E-state index contributed by atoms with van der Waals surface area (Å²) in [6.07, 6.45) is 1.77. The number of aromatic amines is 1. The zero-order valence-corrected chi connectivity index (χ0v) is 22.6. The predicted octanol–water partition coefficient (Wildman–Crippen LogP) is 2.55. The van der Waals surface area contributed by atoms with Crippen molar-refractivity contribution in [3.63, 3.8) is 0 Å². The van der Waals surface area contributed by atoms with Gasteiger partial charge in [-0.15, -0.1) is 0 Å². The van der Waals surface area contributed by atoms with Gasteiger partial charge in [-0.1, -0.05) is 19.9 Å². The largest absolute Gasteiger partial charge is 0.497 e. The molecule has 39 heavy (non-hydrogen) atoms. The molecule has 12 heteroatoms. The summed E-state index contributed by atoms with van der Waals surface area (Å²) in [5.74, 6) is 1.63. The number of carbonyl (C=O) groups is 1. The molecular weight excluding hydrogens is 502 g/mol. The lowest BCUT2D eigenvalue weighted by molar-refractivity contribution is -0.117. The molecule has 1 unspecified atom stereocenters. The molecule has 1 saturated heterocycles. The number of aromatic nitrogens is 6. The van der Waals surface area contributed by atoms with Gasteiger partial charge in [0, 0.05) is 56.8 Å². The van der Waals surface area contributed by atoms with Gasteiger partial charge in [0.2, 0.25) is 11.8 Å². The van der Waals surface area contributed by atoms with Crippen molar-refractivity contribution in [1.29, 1.82) is 0 Å². The molecule has 12 nitrogen and oxygen atoms in total. The predicted molar refractivity (Wildman–Crippen MR) is 146 cm³/mol. The molecule has 1 aliphatic heterocycles. The van der Waals surface area contributed by atoms with Gasteiger partial charge in [-0.05, 0) is 25.0 Å². The minimum atomic E-state index is -0.387. The number of imidazole rings is 1. The van der Waals surface area contributed by atoms with E-state index in [0.29, 0.717) is 67.9 Å². The molecule has 0 aliphatic carbocycles. The number of carbonyl (C=O) groups excluding carboxylic acids is 1. The van der Waals surface area contributed by atoms with Crippen LogP contribution in [-0.2, 0) is 24.9 Å². The number of hydrogen-bond donors (Lipinski definition) is 1. The number of anilines is 1. The molecule has 1 aliphatic rings. The summed E-state index contributed by atoms with van der Waals surface area (Å²) in [6, 6.07) is 9.18. The van der Waals surface area contributed by atoms with Crippen molar-refractivity contribution >= 4 is 22.8 Å². The molecule has 1 atom stereocenters. The van der Waals surface area contributed by atoms with Crippen LogP contribution in [0.3, 0.4) is 0 Å². The van der Waals surface area contributed by atoms with Gasteiger partial charge >= 0.3 is 5.69 Å². The lowest BCUT2D eigenvalue weighted by Gasteiger charge is -2.17. The topological polar surface area (TPSA) is 129 Å². The zero-order valence-electron chi connectivity index (χ0n) is 22.6. The van der Waals surface area contributed by atoms with E-state index < -0.39 is 0 Å². The summed E-state index contributed by atoms with van der Waals surface area (Å²) in [5, 5.41) is 4.51. The monoisotopic (exact) mass is 535 g/mol. The molecule has 1 aromatic carbocycles. The molecule has 0 saturated carbocycles. The summed E-state index contributed by atoms with van der Waals surface area (Å²) in [5.41, 5.74) is 1.15. The molecule has 0 radical (unpaired) electrons. The van der Waals surface area contributed by atoms with E-state index in [1.807, 2.05) is 38.1 Å². The normalized spacial score (nSPS) is 15.4. The first-order valence-corrected chi connectivity index (χ1v) is 13.2. The fourth-order valence-electron chi connectivity index (χ4n) is 4.96. The van der Waals surface area contributed by atoms with Crippen LogP contribution < -0.4 is 25.6 Å². The fraction of sp³-hybridized carbons (Fsp3) is 0.444. The maximum absolute atomic E-state index is 13.0. The second kappa shape index (κ2) is 10.8. The van der Waals surface area contributed by atoms with Crippen LogP contribution in [0.4, 0.5) is 5.69 Å². The standard InChI is InChI=1S/C27H33N7O5/c1-5-10-32-25-23(26(36)33(11-6-2)27(32)37)28-24(29-25)20-14-22(31(3)30-20)39-16-17-12-21(35)34(15-17)18-8-7-9-19(13-18)38-4/h7-9,13-14,17H,5-6,10-12,15-16H2,1-4H3,(H,28,29). The van der Waals surface area contributed by atoms with Crippen molar-refractivity contribution in [3.8, 4) is 23.1 Å². The third-order valence-electron chi connectivity index (χ3n) is 6.87. The summed E-state index contributed by atoms with van der Waals surface area (Å²) in [7, 11) is 3.35. The Hall–Kier alpha value is -4.35. The number of nitrogens with one attached hydrogen (secondary N) is 1. The Bertz CT molecular complexity index is 1630. The Kier molecular flexibility index (Phi) is 7.27. The summed E-state index contributed by atoms with van der Waals surface area (Å²) >= 11 is 0. The van der Waals surface area contributed by atoms with Crippen LogP contribution in [0.5, 0.6) is 11.6 Å². The average Bonchev–Trinajstić information content (AvgIpc) is 3.64. The molecule has 3 aromatic heterocycles. The smallest absolute Gasteiger partial charge is 0.332 e. The molecule has 206 valence electrons. The van der Waals surface area contributed by atoms with Crippen LogP contribution in [0.2, 0.25) is 0 Å². The zero-order chi connectivity index (χ0) is 27.7. The SMILES string of the molecule is CCCn1c(=O)c2[nH]c(-c3cc(OCC4CC(=O)N(c5cccc(OC)c5)C4)n(C)n3)nc2n(CCC)c1=O. The van der Waals surface area contributed by atoms with Gasteiger partial charge in [-0.25, -0.2) is 14.5 Å². The van der Waals surface area contributed by atoms with E-state index in [1.165, 1.54) is 9.13 Å². The Labute approximate surface area is 224 Å². The fourth-order valence-corrected chi connectivity index (χ4v) is 4.96. The van der Waals surface area contributed by atoms with E-state index >= 15 is 0 Å². The number of hydrogen-bond acceptors (Lipinski definition) is 7. The van der Waals surface area contributed by atoms with E-state index in [2.05, 4.69) is 15.1 Å². The van der Waals surface area contributed by atoms with Gasteiger partial charge in [-0.2, -0.15) is 5.10 Å². The van der Waals surface area contributed by atoms with Gasteiger partial charge in [0.05, 0.1) is 13.7 Å². The van der Waals surface area contributed by atoms with Crippen molar-refractivity contribution in [2.45, 2.75) is 46.2 Å². The van der Waals surface area contributed by atoms with Crippen molar-refractivity contribution in [2.24, 2.45) is 13.0 Å².